The molecule has 2 saturated heterocycles. The van der Waals surface area contributed by atoms with Crippen LogP contribution in [0.15, 0.2) is 11.6 Å². The summed E-state index contributed by atoms with van der Waals surface area (Å²) in [6.07, 6.45) is -9.34. The van der Waals surface area contributed by atoms with Gasteiger partial charge in [-0.2, -0.15) is 0 Å². The Morgan fingerprint density at radius 1 is 1.11 bits per heavy atom. The highest BCUT2D eigenvalue weighted by Gasteiger charge is 2.54. The number of nitrogens with zero attached hydrogens (tertiary/aromatic N) is 2. The van der Waals surface area contributed by atoms with Crippen molar-refractivity contribution < 1.29 is 75.9 Å². The van der Waals surface area contributed by atoms with E-state index >= 15 is 0 Å². The fraction of sp³-hybridized carbons (Fsp3) is 0.806. The zero-order chi connectivity index (χ0) is 39.4. The van der Waals surface area contributed by atoms with Crippen LogP contribution in [0.2, 0.25) is 0 Å². The van der Waals surface area contributed by atoms with Crippen LogP contribution in [0.3, 0.4) is 0 Å². The summed E-state index contributed by atoms with van der Waals surface area (Å²) in [6, 6.07) is -3.11. The van der Waals surface area contributed by atoms with Gasteiger partial charge in [0.25, 0.3) is 5.91 Å². The zero-order valence-corrected chi connectivity index (χ0v) is 30.5. The lowest BCUT2D eigenvalue weighted by Crippen LogP contribution is -2.62. The summed E-state index contributed by atoms with van der Waals surface area (Å²) in [7, 11) is -4.09. The van der Waals surface area contributed by atoms with Gasteiger partial charge in [0.2, 0.25) is 22.2 Å². The predicted molar refractivity (Wildman–Crippen MR) is 179 cm³/mol. The molecule has 0 radical (unpaired) electrons. The molecule has 22 heteroatoms. The van der Waals surface area contributed by atoms with Crippen molar-refractivity contribution >= 4 is 34.1 Å². The fourth-order valence-corrected chi connectivity index (χ4v) is 7.54. The van der Waals surface area contributed by atoms with Crippen molar-refractivity contribution in [1.82, 2.24) is 15.5 Å². The van der Waals surface area contributed by atoms with Crippen molar-refractivity contribution in [2.45, 2.75) is 107 Å². The number of amides is 3. The number of guanidine groups is 1. The number of methoxy groups -OCH3 is 1. The molecular weight excluding hydrogens is 728 g/mol. The van der Waals surface area contributed by atoms with Crippen LogP contribution in [-0.2, 0) is 43.2 Å². The number of ether oxygens (including phenoxy) is 3. The number of likely N-dealkylation sites (tertiary alicyclic amines) is 1. The van der Waals surface area contributed by atoms with E-state index in [9.17, 15) is 52.9 Å². The summed E-state index contributed by atoms with van der Waals surface area (Å²) in [5, 5.41) is 57.2. The Bertz CT molecular complexity index is 1490. The highest BCUT2D eigenvalue weighted by Crippen LogP contribution is 2.42. The first kappa shape index (κ1) is 42.7. The van der Waals surface area contributed by atoms with Crippen molar-refractivity contribution in [3.8, 4) is 0 Å². The van der Waals surface area contributed by atoms with E-state index in [0.29, 0.717) is 19.5 Å². The average molecular weight is 781 g/mol. The fourth-order valence-electron chi connectivity index (χ4n) is 7.25. The van der Waals surface area contributed by atoms with Crippen molar-refractivity contribution in [3.63, 3.8) is 0 Å². The lowest BCUT2D eigenvalue weighted by molar-refractivity contribution is -0.503. The maximum atomic E-state index is 14.5. The molecule has 11 N–H and O–H groups in total. The summed E-state index contributed by atoms with van der Waals surface area (Å²) in [4.78, 5) is 42.9. The van der Waals surface area contributed by atoms with Gasteiger partial charge in [-0.15, -0.1) is 0 Å². The number of nitrogens with two attached hydrogens (primary N) is 2. The minimum atomic E-state index is -5.16. The molecule has 4 rings (SSSR count). The first-order valence-electron chi connectivity index (χ1n) is 17.3. The van der Waals surface area contributed by atoms with E-state index in [2.05, 4.69) is 14.8 Å². The minimum Gasteiger partial charge on any atom is -0.726 e. The Hall–Kier alpha value is -3.03. The van der Waals surface area contributed by atoms with Crippen molar-refractivity contribution in [2.75, 3.05) is 40.0 Å². The Morgan fingerprint density at radius 3 is 2.40 bits per heavy atom. The molecule has 53 heavy (non-hydrogen) atoms. The Kier molecular flexibility index (Phi) is 14.6. The second-order valence-corrected chi connectivity index (χ2v) is 15.1. The average Bonchev–Trinajstić information content (AvgIpc) is 3.72. The SMILES string of the molecule is COC(COS(=O)(=O)[O-])C(=O)NC(C(=O)N1C2CC(O[C@H]3OC(CO)[C@@H](O)C(O)C3O)[C@@H](O)CC2C[C@H]1C(=O)NCCC1=CC[N+](=C(N)N)C1)C(C)C. The van der Waals surface area contributed by atoms with Crippen molar-refractivity contribution in [2.24, 2.45) is 23.3 Å². The molecule has 0 bridgehead atoms. The van der Waals surface area contributed by atoms with Crippen molar-refractivity contribution in [3.05, 3.63) is 11.6 Å². The summed E-state index contributed by atoms with van der Waals surface area (Å²) in [5.74, 6) is -2.98. The van der Waals surface area contributed by atoms with E-state index in [1.807, 2.05) is 6.08 Å². The molecular formula is C31H52N6O15S. The third-order valence-electron chi connectivity index (χ3n) is 10.2. The van der Waals surface area contributed by atoms with Crippen LogP contribution in [0.4, 0.5) is 0 Å². The molecule has 0 aromatic rings. The van der Waals surface area contributed by atoms with Gasteiger partial charge in [-0.3, -0.25) is 34.6 Å². The summed E-state index contributed by atoms with van der Waals surface area (Å²) in [5.41, 5.74) is 12.4. The zero-order valence-electron chi connectivity index (χ0n) is 29.7. The molecule has 1 saturated carbocycles. The van der Waals surface area contributed by atoms with Crippen LogP contribution in [0.5, 0.6) is 0 Å². The van der Waals surface area contributed by atoms with Crippen LogP contribution < -0.4 is 22.1 Å². The Morgan fingerprint density at radius 2 is 1.81 bits per heavy atom. The van der Waals surface area contributed by atoms with Crippen LogP contribution in [0.1, 0.15) is 39.5 Å². The van der Waals surface area contributed by atoms with E-state index in [0.717, 1.165) is 12.7 Å². The van der Waals surface area contributed by atoms with Gasteiger partial charge in [0, 0.05) is 19.7 Å². The highest BCUT2D eigenvalue weighted by molar-refractivity contribution is 7.80. The number of hydrogen-bond acceptors (Lipinski definition) is 15. The molecule has 0 spiro atoms. The number of carbonyl (C=O) groups is 3. The second kappa shape index (κ2) is 18.1. The third-order valence-corrected chi connectivity index (χ3v) is 10.6. The topological polar surface area (TPSA) is 329 Å². The van der Waals surface area contributed by atoms with E-state index in [1.54, 1.807) is 18.4 Å². The molecule has 12 atom stereocenters. The van der Waals surface area contributed by atoms with E-state index < -0.39 is 120 Å². The van der Waals surface area contributed by atoms with E-state index in [-0.39, 0.29) is 31.8 Å². The van der Waals surface area contributed by atoms with Gasteiger partial charge in [-0.25, -0.2) is 8.42 Å². The molecule has 1 aliphatic carbocycles. The molecule has 3 amide bonds. The summed E-state index contributed by atoms with van der Waals surface area (Å²) < 4.78 is 55.4. The molecule has 0 aromatic carbocycles. The number of nitrogens with one attached hydrogen (secondary N) is 2. The Labute approximate surface area is 306 Å². The third kappa shape index (κ3) is 10.4. The number of aliphatic hydroxyl groups excluding tert-OH is 5. The van der Waals surface area contributed by atoms with Gasteiger partial charge in [0.1, 0.15) is 43.1 Å². The lowest BCUT2D eigenvalue weighted by Gasteiger charge is -2.44. The van der Waals surface area contributed by atoms with Gasteiger partial charge in [-0.1, -0.05) is 13.8 Å². The summed E-state index contributed by atoms with van der Waals surface area (Å²) in [6.45, 7) is 2.84. The summed E-state index contributed by atoms with van der Waals surface area (Å²) >= 11 is 0. The largest absolute Gasteiger partial charge is 0.726 e. The van der Waals surface area contributed by atoms with Crippen LogP contribution in [0.25, 0.3) is 0 Å². The monoisotopic (exact) mass is 780 g/mol. The number of hydrogen-bond donors (Lipinski definition) is 9. The quantitative estimate of drug-likeness (QED) is 0.0246. The lowest BCUT2D eigenvalue weighted by atomic mass is 9.81. The van der Waals surface area contributed by atoms with Gasteiger partial charge in [0.05, 0.1) is 31.9 Å². The molecule has 4 aliphatic rings. The van der Waals surface area contributed by atoms with Gasteiger partial charge in [-0.05, 0) is 49.2 Å². The van der Waals surface area contributed by atoms with Gasteiger partial charge >= 0.3 is 5.96 Å². The minimum absolute atomic E-state index is 0.0471. The van der Waals surface area contributed by atoms with Gasteiger partial charge < -0.3 is 59.8 Å². The normalized spacial score (nSPS) is 32.9. The molecule has 3 fully saturated rings. The maximum absolute atomic E-state index is 14.5. The molecule has 3 heterocycles. The van der Waals surface area contributed by atoms with E-state index in [4.69, 9.17) is 25.7 Å². The van der Waals surface area contributed by atoms with Crippen LogP contribution in [-0.4, -0.2) is 179 Å². The first-order valence-corrected chi connectivity index (χ1v) is 18.7. The number of carbonyl (C=O) groups excluding carboxylic acids is 3. The van der Waals surface area contributed by atoms with Crippen LogP contribution in [0, 0.1) is 11.8 Å². The molecule has 3 aliphatic heterocycles. The number of aliphatic hydroxyl groups is 5. The highest BCUT2D eigenvalue weighted by atomic mass is 32.3. The second-order valence-electron chi connectivity index (χ2n) is 14.1. The van der Waals surface area contributed by atoms with E-state index in [1.165, 1.54) is 4.90 Å². The van der Waals surface area contributed by atoms with Crippen LogP contribution >= 0.6 is 0 Å². The molecule has 21 nitrogen and oxygen atoms in total. The van der Waals surface area contributed by atoms with Crippen molar-refractivity contribution in [1.29, 1.82) is 0 Å². The first-order chi connectivity index (χ1) is 24.9. The smallest absolute Gasteiger partial charge is 0.341 e. The van der Waals surface area contributed by atoms with Gasteiger partial charge in [0.15, 0.2) is 12.4 Å². The number of fused-ring (bicyclic) bond motifs is 1. The molecule has 302 valence electrons. The Balaban J connectivity index is 1.57. The standard InChI is InChI=1S/C31H52N6O15S/c1-14(2)23(35-28(44)22(49-3)13-50-53(46,47)48)29(45)37-17-10-20(51-30-26(42)25(41)24(40)21(12-38)52-30)19(39)9-16(17)8-18(37)27(43)34-6-4-15-5-7-36(11-15)31(32)33/h5,14,16-26,30,38-42H,4,6-13H2,1-3H3,(H6,32,33,34,35,43,44,46,47,48)/t16?,17?,18-,19-,20?,21?,22?,23?,24+,25?,26?,30-/m0/s1. The molecule has 8 unspecified atom stereocenters. The maximum Gasteiger partial charge on any atom is 0.341 e. The predicted octanol–water partition coefficient (Wildman–Crippen LogP) is -5.72. The molecule has 0 aromatic heterocycles. The number of rotatable bonds is 15.